The summed E-state index contributed by atoms with van der Waals surface area (Å²) in [6, 6.07) is 14.7. The maximum absolute atomic E-state index is 13.7. The Kier molecular flexibility index (Phi) is 5.81. The van der Waals surface area contributed by atoms with Crippen molar-refractivity contribution in [2.75, 3.05) is 0 Å². The van der Waals surface area contributed by atoms with Gasteiger partial charge in [0.05, 0.1) is 5.56 Å². The zero-order chi connectivity index (χ0) is 18.4. The minimum atomic E-state index is -0.740. The van der Waals surface area contributed by atoms with E-state index in [1.165, 1.54) is 12.1 Å². The number of carbonyl (C=O) groups excluding carboxylic acids is 1. The predicted octanol–water partition coefficient (Wildman–Crippen LogP) is 4.81. The number of rotatable bonds is 6. The van der Waals surface area contributed by atoms with E-state index in [2.05, 4.69) is 4.98 Å². The van der Waals surface area contributed by atoms with Gasteiger partial charge in [-0.1, -0.05) is 29.8 Å². The summed E-state index contributed by atoms with van der Waals surface area (Å²) in [5.74, 6) is -0.759. The molecule has 0 aliphatic rings. The van der Waals surface area contributed by atoms with E-state index in [0.29, 0.717) is 12.4 Å². The van der Waals surface area contributed by atoms with Gasteiger partial charge in [-0.2, -0.15) is 0 Å². The molecule has 0 aliphatic carbocycles. The van der Waals surface area contributed by atoms with Gasteiger partial charge in [0.25, 0.3) is 0 Å². The monoisotopic (exact) mass is 371 g/mol. The van der Waals surface area contributed by atoms with Crippen LogP contribution in [0.2, 0.25) is 5.02 Å². The van der Waals surface area contributed by atoms with Gasteiger partial charge in [0.1, 0.15) is 24.8 Å². The van der Waals surface area contributed by atoms with Crippen molar-refractivity contribution in [3.63, 3.8) is 0 Å². The molecule has 0 unspecified atom stereocenters. The van der Waals surface area contributed by atoms with Crippen molar-refractivity contribution in [2.24, 2.45) is 0 Å². The Hall–Kier alpha value is -2.92. The lowest BCUT2D eigenvalue weighted by Gasteiger charge is -2.08. The van der Waals surface area contributed by atoms with Crippen molar-refractivity contribution < 1.29 is 18.7 Å². The number of aromatic nitrogens is 1. The van der Waals surface area contributed by atoms with Crippen LogP contribution in [0.5, 0.6) is 5.75 Å². The van der Waals surface area contributed by atoms with Gasteiger partial charge in [0.2, 0.25) is 0 Å². The molecule has 4 nitrogen and oxygen atoms in total. The normalized spacial score (nSPS) is 10.4. The molecule has 132 valence electrons. The molecule has 3 rings (SSSR count). The maximum Gasteiger partial charge on any atom is 0.341 e. The third kappa shape index (κ3) is 4.80. The van der Waals surface area contributed by atoms with Crippen LogP contribution in [0.25, 0.3) is 0 Å². The fourth-order valence-electron chi connectivity index (χ4n) is 2.21. The number of ether oxygens (including phenoxy) is 2. The summed E-state index contributed by atoms with van der Waals surface area (Å²) < 4.78 is 24.5. The van der Waals surface area contributed by atoms with Crippen molar-refractivity contribution in [1.29, 1.82) is 0 Å². The van der Waals surface area contributed by atoms with E-state index in [0.717, 1.165) is 17.2 Å². The second-order valence-electron chi connectivity index (χ2n) is 5.49. The highest BCUT2D eigenvalue weighted by Gasteiger charge is 2.13. The van der Waals surface area contributed by atoms with Crippen LogP contribution in [0, 0.1) is 5.82 Å². The van der Waals surface area contributed by atoms with E-state index in [1.54, 1.807) is 36.7 Å². The molecular weight excluding hydrogens is 357 g/mol. The largest absolute Gasteiger partial charge is 0.489 e. The molecule has 1 aromatic heterocycles. The molecule has 0 spiro atoms. The number of hydrogen-bond acceptors (Lipinski definition) is 4. The van der Waals surface area contributed by atoms with Crippen LogP contribution in [0.1, 0.15) is 21.5 Å². The Balaban J connectivity index is 1.53. The van der Waals surface area contributed by atoms with Gasteiger partial charge in [-0.3, -0.25) is 4.98 Å². The first-order valence-electron chi connectivity index (χ1n) is 7.84. The minimum absolute atomic E-state index is 0.0315. The van der Waals surface area contributed by atoms with Crippen LogP contribution in [0.15, 0.2) is 67.0 Å². The number of benzene rings is 2. The van der Waals surface area contributed by atoms with E-state index in [-0.39, 0.29) is 17.2 Å². The van der Waals surface area contributed by atoms with E-state index in [1.807, 2.05) is 12.1 Å². The molecule has 0 saturated carbocycles. The second-order valence-corrected chi connectivity index (χ2v) is 5.93. The van der Waals surface area contributed by atoms with Crippen LogP contribution in [-0.4, -0.2) is 11.0 Å². The Morgan fingerprint density at radius 2 is 1.85 bits per heavy atom. The van der Waals surface area contributed by atoms with Crippen molar-refractivity contribution in [3.05, 3.63) is 94.5 Å². The molecule has 1 heterocycles. The van der Waals surface area contributed by atoms with Crippen LogP contribution in [0.3, 0.4) is 0 Å². The van der Waals surface area contributed by atoms with Gasteiger partial charge in [-0.25, -0.2) is 9.18 Å². The maximum atomic E-state index is 13.7. The number of pyridine rings is 1. The number of hydrogen-bond donors (Lipinski definition) is 0. The summed E-state index contributed by atoms with van der Waals surface area (Å²) in [6.07, 6.45) is 3.44. The van der Waals surface area contributed by atoms with Crippen LogP contribution in [0.4, 0.5) is 4.39 Å². The number of halogens is 2. The van der Waals surface area contributed by atoms with Gasteiger partial charge >= 0.3 is 5.97 Å². The summed E-state index contributed by atoms with van der Waals surface area (Å²) in [4.78, 5) is 16.0. The summed E-state index contributed by atoms with van der Waals surface area (Å²) in [7, 11) is 0. The molecule has 0 fully saturated rings. The lowest BCUT2D eigenvalue weighted by molar-refractivity contribution is 0.0467. The highest BCUT2D eigenvalue weighted by atomic mass is 35.5. The zero-order valence-corrected chi connectivity index (χ0v) is 14.4. The average Bonchev–Trinajstić information content (AvgIpc) is 2.66. The van der Waals surface area contributed by atoms with Gasteiger partial charge in [-0.15, -0.1) is 0 Å². The molecule has 2 aromatic carbocycles. The highest BCUT2D eigenvalue weighted by Crippen LogP contribution is 2.17. The Morgan fingerprint density at radius 3 is 2.54 bits per heavy atom. The van der Waals surface area contributed by atoms with Gasteiger partial charge in [0, 0.05) is 23.0 Å². The second kappa shape index (κ2) is 8.45. The summed E-state index contributed by atoms with van der Waals surface area (Å²) in [6.45, 7) is 0.446. The quantitative estimate of drug-likeness (QED) is 0.583. The highest BCUT2D eigenvalue weighted by molar-refractivity contribution is 6.30. The molecule has 0 N–H and O–H groups in total. The van der Waals surface area contributed by atoms with Crippen molar-refractivity contribution in [1.82, 2.24) is 4.98 Å². The standard InChI is InChI=1S/C20H15ClFNO3/c21-16-5-8-18(19(22)10-16)20(24)26-12-14-3-6-17(7-4-14)25-13-15-2-1-9-23-11-15/h1-11H,12-13H2. The molecule has 0 saturated heterocycles. The van der Waals surface area contributed by atoms with E-state index in [9.17, 15) is 9.18 Å². The van der Waals surface area contributed by atoms with Crippen LogP contribution in [-0.2, 0) is 18.0 Å². The van der Waals surface area contributed by atoms with Crippen molar-refractivity contribution in [2.45, 2.75) is 13.2 Å². The summed E-state index contributed by atoms with van der Waals surface area (Å²) in [5, 5.41) is 0.223. The van der Waals surface area contributed by atoms with E-state index < -0.39 is 11.8 Å². The summed E-state index contributed by atoms with van der Waals surface area (Å²) >= 11 is 5.67. The molecule has 3 aromatic rings. The van der Waals surface area contributed by atoms with E-state index >= 15 is 0 Å². The van der Waals surface area contributed by atoms with Crippen molar-refractivity contribution in [3.8, 4) is 5.75 Å². The smallest absolute Gasteiger partial charge is 0.341 e. The Labute approximate surface area is 155 Å². The number of nitrogens with zero attached hydrogens (tertiary/aromatic N) is 1. The first kappa shape index (κ1) is 17.9. The SMILES string of the molecule is O=C(OCc1ccc(OCc2cccnc2)cc1)c1ccc(Cl)cc1F. The molecule has 0 atom stereocenters. The van der Waals surface area contributed by atoms with Crippen LogP contribution >= 0.6 is 11.6 Å². The third-order valence-electron chi connectivity index (χ3n) is 3.57. The predicted molar refractivity (Wildman–Crippen MR) is 95.5 cm³/mol. The van der Waals surface area contributed by atoms with Gasteiger partial charge in [0.15, 0.2) is 0 Å². The van der Waals surface area contributed by atoms with Crippen LogP contribution < -0.4 is 4.74 Å². The molecule has 6 heteroatoms. The molecule has 0 radical (unpaired) electrons. The first-order chi connectivity index (χ1) is 12.6. The fraction of sp³-hybridized carbons (Fsp3) is 0.100. The van der Waals surface area contributed by atoms with Crippen molar-refractivity contribution >= 4 is 17.6 Å². The fourth-order valence-corrected chi connectivity index (χ4v) is 2.37. The third-order valence-corrected chi connectivity index (χ3v) is 3.81. The molecular formula is C20H15ClFNO3. The summed E-state index contributed by atoms with van der Waals surface area (Å²) in [5.41, 5.74) is 1.59. The minimum Gasteiger partial charge on any atom is -0.489 e. The Morgan fingerprint density at radius 1 is 1.04 bits per heavy atom. The zero-order valence-electron chi connectivity index (χ0n) is 13.7. The van der Waals surface area contributed by atoms with E-state index in [4.69, 9.17) is 21.1 Å². The molecule has 0 bridgehead atoms. The molecule has 0 amide bonds. The topological polar surface area (TPSA) is 48.4 Å². The van der Waals surface area contributed by atoms with Gasteiger partial charge < -0.3 is 9.47 Å². The number of esters is 1. The number of carbonyl (C=O) groups is 1. The lowest BCUT2D eigenvalue weighted by atomic mass is 10.2. The Bertz CT molecular complexity index is 885. The van der Waals surface area contributed by atoms with Gasteiger partial charge in [-0.05, 0) is 42.0 Å². The molecule has 0 aliphatic heterocycles. The molecule has 26 heavy (non-hydrogen) atoms. The lowest BCUT2D eigenvalue weighted by Crippen LogP contribution is -2.07. The average molecular weight is 372 g/mol. The first-order valence-corrected chi connectivity index (χ1v) is 8.22.